The second-order valence-electron chi connectivity index (χ2n) is 7.08. The third-order valence-corrected chi connectivity index (χ3v) is 6.67. The molecule has 2 amide bonds. The average Bonchev–Trinajstić information content (AvgIpc) is 3.20. The molecule has 142 valence electrons. The van der Waals surface area contributed by atoms with Crippen molar-refractivity contribution in [3.8, 4) is 0 Å². The molecule has 1 saturated heterocycles. The molecule has 0 radical (unpaired) electrons. The van der Waals surface area contributed by atoms with Gasteiger partial charge in [-0.3, -0.25) is 14.5 Å². The van der Waals surface area contributed by atoms with Crippen molar-refractivity contribution in [3.63, 3.8) is 0 Å². The summed E-state index contributed by atoms with van der Waals surface area (Å²) in [6.07, 6.45) is 3.82. The van der Waals surface area contributed by atoms with Crippen molar-refractivity contribution in [2.24, 2.45) is 0 Å². The highest BCUT2D eigenvalue weighted by Crippen LogP contribution is 2.40. The number of hydrogen-bond acceptors (Lipinski definition) is 4. The summed E-state index contributed by atoms with van der Waals surface area (Å²) >= 11 is 0. The molecule has 1 saturated carbocycles. The quantitative estimate of drug-likeness (QED) is 0.728. The van der Waals surface area contributed by atoms with E-state index in [9.17, 15) is 22.4 Å². The fourth-order valence-corrected chi connectivity index (χ4v) is 4.91. The molecule has 0 atom stereocenters. The minimum absolute atomic E-state index is 0.125. The van der Waals surface area contributed by atoms with Crippen molar-refractivity contribution in [2.45, 2.75) is 43.9 Å². The van der Waals surface area contributed by atoms with E-state index in [0.717, 1.165) is 36.1 Å². The summed E-state index contributed by atoms with van der Waals surface area (Å²) in [5.41, 5.74) is 0.400. The maximum atomic E-state index is 13.6. The van der Waals surface area contributed by atoms with Crippen molar-refractivity contribution in [1.82, 2.24) is 9.62 Å². The van der Waals surface area contributed by atoms with Crippen LogP contribution in [-0.4, -0.2) is 44.0 Å². The lowest BCUT2D eigenvalue weighted by Gasteiger charge is -2.30. The Kier molecular flexibility index (Phi) is 5.43. The molecule has 1 aromatic carbocycles. The molecule has 0 spiro atoms. The van der Waals surface area contributed by atoms with Crippen LogP contribution in [-0.2, 0) is 25.0 Å². The second kappa shape index (κ2) is 7.44. The first kappa shape index (κ1) is 19.0. The van der Waals surface area contributed by atoms with Gasteiger partial charge in [0.25, 0.3) is 0 Å². The number of nitrogens with one attached hydrogen (secondary N) is 1. The lowest BCUT2D eigenvalue weighted by atomic mass is 9.79. The van der Waals surface area contributed by atoms with Gasteiger partial charge in [-0.25, -0.2) is 17.5 Å². The van der Waals surface area contributed by atoms with Gasteiger partial charge in [0.1, 0.15) is 5.82 Å². The first-order valence-corrected chi connectivity index (χ1v) is 10.5. The number of sulfonamides is 1. The molecule has 1 N–H and O–H groups in total. The van der Waals surface area contributed by atoms with E-state index in [1.807, 2.05) is 6.07 Å². The van der Waals surface area contributed by atoms with Crippen molar-refractivity contribution in [2.75, 3.05) is 18.8 Å². The van der Waals surface area contributed by atoms with E-state index in [2.05, 4.69) is 4.72 Å². The number of hydrogen-bond donors (Lipinski definition) is 1. The van der Waals surface area contributed by atoms with E-state index in [1.165, 1.54) is 12.1 Å². The Morgan fingerprint density at radius 3 is 2.38 bits per heavy atom. The van der Waals surface area contributed by atoms with Crippen molar-refractivity contribution in [1.29, 1.82) is 0 Å². The highest BCUT2D eigenvalue weighted by molar-refractivity contribution is 7.89. The summed E-state index contributed by atoms with van der Waals surface area (Å²) in [5, 5.41) is 0. The molecule has 8 heteroatoms. The second-order valence-corrected chi connectivity index (χ2v) is 9.00. The normalized spacial score (nSPS) is 20.1. The molecule has 1 heterocycles. The number of rotatable bonds is 7. The summed E-state index contributed by atoms with van der Waals surface area (Å²) in [4.78, 5) is 24.2. The van der Waals surface area contributed by atoms with Crippen molar-refractivity contribution < 1.29 is 22.4 Å². The SMILES string of the molecule is O=C1CCC(=O)N1CCS(=O)(=O)NCC1(c2cccc(F)c2)CCCC1. The molecule has 1 aliphatic carbocycles. The zero-order valence-corrected chi connectivity index (χ0v) is 15.4. The Labute approximate surface area is 152 Å². The predicted octanol–water partition coefficient (Wildman–Crippen LogP) is 1.71. The number of halogens is 1. The highest BCUT2D eigenvalue weighted by Gasteiger charge is 2.37. The third kappa shape index (κ3) is 4.12. The molecule has 6 nitrogen and oxygen atoms in total. The van der Waals surface area contributed by atoms with Crippen LogP contribution in [0, 0.1) is 5.82 Å². The molecule has 3 rings (SSSR count). The van der Waals surface area contributed by atoms with E-state index in [-0.39, 0.29) is 49.3 Å². The minimum atomic E-state index is -3.65. The molecule has 1 aromatic rings. The summed E-state index contributed by atoms with van der Waals surface area (Å²) < 4.78 is 41.0. The van der Waals surface area contributed by atoms with Crippen LogP contribution in [0.15, 0.2) is 24.3 Å². The van der Waals surface area contributed by atoms with Crippen molar-refractivity contribution >= 4 is 21.8 Å². The molecule has 1 aliphatic heterocycles. The molecule has 2 fully saturated rings. The topological polar surface area (TPSA) is 83.6 Å². The predicted molar refractivity (Wildman–Crippen MR) is 94.3 cm³/mol. The van der Waals surface area contributed by atoms with Crippen LogP contribution in [0.2, 0.25) is 0 Å². The van der Waals surface area contributed by atoms with Gasteiger partial charge < -0.3 is 0 Å². The van der Waals surface area contributed by atoms with Gasteiger partial charge in [-0.1, -0.05) is 25.0 Å². The van der Waals surface area contributed by atoms with Crippen LogP contribution in [0.4, 0.5) is 4.39 Å². The van der Waals surface area contributed by atoms with E-state index < -0.39 is 15.4 Å². The van der Waals surface area contributed by atoms with Gasteiger partial charge in [-0.2, -0.15) is 0 Å². The van der Waals surface area contributed by atoms with Crippen LogP contribution < -0.4 is 4.72 Å². The van der Waals surface area contributed by atoms with E-state index in [1.54, 1.807) is 6.07 Å². The first-order chi connectivity index (χ1) is 12.3. The largest absolute Gasteiger partial charge is 0.282 e. The smallest absolute Gasteiger partial charge is 0.229 e. The number of carbonyl (C=O) groups excluding carboxylic acids is 2. The fraction of sp³-hybridized carbons (Fsp3) is 0.556. The van der Waals surface area contributed by atoms with Gasteiger partial charge in [0.15, 0.2) is 0 Å². The standard InChI is InChI=1S/C18H23FN2O4S/c19-15-5-3-4-14(12-15)18(8-1-2-9-18)13-20-26(24,25)11-10-21-16(22)6-7-17(21)23/h3-5,12,20H,1-2,6-11,13H2. The summed E-state index contributed by atoms with van der Waals surface area (Å²) in [6, 6.07) is 6.33. The molecule has 0 bridgehead atoms. The summed E-state index contributed by atoms with van der Waals surface area (Å²) in [5.74, 6) is -1.29. The van der Waals surface area contributed by atoms with Crippen LogP contribution in [0.3, 0.4) is 0 Å². The van der Waals surface area contributed by atoms with Crippen LogP contribution >= 0.6 is 0 Å². The average molecular weight is 382 g/mol. The molecular weight excluding hydrogens is 359 g/mol. The Morgan fingerprint density at radius 1 is 1.12 bits per heavy atom. The van der Waals surface area contributed by atoms with Crippen LogP contribution in [0.1, 0.15) is 44.1 Å². The number of amides is 2. The molecule has 26 heavy (non-hydrogen) atoms. The van der Waals surface area contributed by atoms with E-state index in [0.29, 0.717) is 0 Å². The van der Waals surface area contributed by atoms with Crippen LogP contribution in [0.5, 0.6) is 0 Å². The Morgan fingerprint density at radius 2 is 1.77 bits per heavy atom. The Bertz CT molecular complexity index is 787. The third-order valence-electron chi connectivity index (χ3n) is 5.37. The number of carbonyl (C=O) groups is 2. The highest BCUT2D eigenvalue weighted by atomic mass is 32.2. The van der Waals surface area contributed by atoms with Crippen LogP contribution in [0.25, 0.3) is 0 Å². The Balaban J connectivity index is 1.65. The zero-order chi connectivity index (χ0) is 18.8. The van der Waals surface area contributed by atoms with Gasteiger partial charge in [0.05, 0.1) is 5.75 Å². The number of benzene rings is 1. The minimum Gasteiger partial charge on any atom is -0.282 e. The zero-order valence-electron chi connectivity index (χ0n) is 14.5. The fourth-order valence-electron chi connectivity index (χ4n) is 3.84. The lowest BCUT2D eigenvalue weighted by Crippen LogP contribution is -2.42. The molecule has 0 unspecified atom stereocenters. The van der Waals surface area contributed by atoms with Gasteiger partial charge in [-0.05, 0) is 30.5 Å². The van der Waals surface area contributed by atoms with Crippen molar-refractivity contribution in [3.05, 3.63) is 35.6 Å². The summed E-state index contributed by atoms with van der Waals surface area (Å²) in [7, 11) is -3.65. The Hall–Kier alpha value is -1.80. The number of likely N-dealkylation sites (tertiary alicyclic amines) is 1. The van der Waals surface area contributed by atoms with Gasteiger partial charge in [-0.15, -0.1) is 0 Å². The van der Waals surface area contributed by atoms with E-state index >= 15 is 0 Å². The number of nitrogens with zero attached hydrogens (tertiary/aromatic N) is 1. The maximum Gasteiger partial charge on any atom is 0.229 e. The monoisotopic (exact) mass is 382 g/mol. The molecule has 2 aliphatic rings. The molecular formula is C18H23FN2O4S. The summed E-state index contributed by atoms with van der Waals surface area (Å²) in [6.45, 7) is 0.0701. The van der Waals surface area contributed by atoms with E-state index in [4.69, 9.17) is 0 Å². The lowest BCUT2D eigenvalue weighted by molar-refractivity contribution is -0.137. The first-order valence-electron chi connectivity index (χ1n) is 8.88. The van der Waals surface area contributed by atoms with Gasteiger partial charge >= 0.3 is 0 Å². The number of imide groups is 1. The maximum absolute atomic E-state index is 13.6. The van der Waals surface area contributed by atoms with Gasteiger partial charge in [0, 0.05) is 31.3 Å². The van der Waals surface area contributed by atoms with Gasteiger partial charge in [0.2, 0.25) is 21.8 Å². The molecule has 0 aromatic heterocycles.